The minimum absolute atomic E-state index is 0. The lowest BCUT2D eigenvalue weighted by molar-refractivity contribution is 0.632. The van der Waals surface area contributed by atoms with Crippen molar-refractivity contribution in [3.05, 3.63) is 120 Å². The Balaban J connectivity index is 0.00000225. The van der Waals surface area contributed by atoms with Crippen LogP contribution in [0.3, 0.4) is 0 Å². The molecule has 4 rings (SSSR count). The van der Waals surface area contributed by atoms with Crippen molar-refractivity contribution in [3.63, 3.8) is 0 Å². The number of halogens is 1. The number of pyridine rings is 1. The van der Waals surface area contributed by atoms with E-state index in [1.807, 2.05) is 79.4 Å². The average molecular weight is 387 g/mol. The molecule has 0 aliphatic heterocycles. The van der Waals surface area contributed by atoms with Gasteiger partial charge in [0.15, 0.2) is 0 Å². The first-order valence-electron chi connectivity index (χ1n) is 8.81. The molecule has 2 aromatic carbocycles. The second-order valence-electron chi connectivity index (χ2n) is 6.35. The van der Waals surface area contributed by atoms with Crippen molar-refractivity contribution in [3.8, 4) is 6.07 Å². The van der Waals surface area contributed by atoms with Gasteiger partial charge in [0.2, 0.25) is 0 Å². The molecule has 0 aliphatic rings. The number of nitrogens with zero attached hydrogens (tertiary/aromatic N) is 4. The quantitative estimate of drug-likeness (QED) is 0.495. The molecule has 0 bridgehead atoms. The lowest BCUT2D eigenvalue weighted by Crippen LogP contribution is -2.15. The monoisotopic (exact) mass is 386 g/mol. The molecule has 0 spiro atoms. The second kappa shape index (κ2) is 8.98. The maximum Gasteiger partial charge on any atom is 0.102 e. The van der Waals surface area contributed by atoms with Crippen LogP contribution in [0.2, 0.25) is 0 Å². The van der Waals surface area contributed by atoms with Crippen LogP contribution in [0, 0.1) is 11.3 Å². The van der Waals surface area contributed by atoms with Crippen LogP contribution in [0.4, 0.5) is 0 Å². The standard InChI is InChI=1S/C23H18N4.ClH/c24-15-19-11-9-18(10-12-19)14-21-16-25-17-27(21)23(20-6-2-1-3-7-20)22-8-4-5-13-26-22;/h1-13,16-17,23H,14H2;1H. The van der Waals surface area contributed by atoms with Crippen molar-refractivity contribution in [1.29, 1.82) is 5.26 Å². The predicted molar refractivity (Wildman–Crippen MR) is 111 cm³/mol. The van der Waals surface area contributed by atoms with Crippen LogP contribution >= 0.6 is 12.4 Å². The number of nitriles is 1. The summed E-state index contributed by atoms with van der Waals surface area (Å²) in [5.41, 5.74) is 5.05. The summed E-state index contributed by atoms with van der Waals surface area (Å²) in [6.07, 6.45) is 6.33. The van der Waals surface area contributed by atoms with Gasteiger partial charge in [0.25, 0.3) is 0 Å². The second-order valence-corrected chi connectivity index (χ2v) is 6.35. The molecular weight excluding hydrogens is 368 g/mol. The van der Waals surface area contributed by atoms with E-state index in [-0.39, 0.29) is 18.4 Å². The van der Waals surface area contributed by atoms with Gasteiger partial charge < -0.3 is 4.57 Å². The Morgan fingerprint density at radius 1 is 0.929 bits per heavy atom. The van der Waals surface area contributed by atoms with Crippen LogP contribution < -0.4 is 0 Å². The molecule has 0 saturated heterocycles. The molecule has 2 heterocycles. The van der Waals surface area contributed by atoms with Gasteiger partial charge in [0, 0.05) is 24.5 Å². The van der Waals surface area contributed by atoms with Gasteiger partial charge in [-0.25, -0.2) is 4.98 Å². The van der Waals surface area contributed by atoms with Crippen LogP contribution in [0.5, 0.6) is 0 Å². The maximum absolute atomic E-state index is 8.98. The van der Waals surface area contributed by atoms with E-state index in [1.165, 1.54) is 0 Å². The van der Waals surface area contributed by atoms with E-state index in [2.05, 4.69) is 32.7 Å². The molecule has 0 N–H and O–H groups in total. The Bertz CT molecular complexity index is 1010. The van der Waals surface area contributed by atoms with E-state index in [0.29, 0.717) is 5.56 Å². The molecule has 0 saturated carbocycles. The first kappa shape index (κ1) is 19.3. The number of aromatic nitrogens is 3. The zero-order valence-electron chi connectivity index (χ0n) is 15.1. The topological polar surface area (TPSA) is 54.5 Å². The number of hydrogen-bond donors (Lipinski definition) is 0. The first-order valence-corrected chi connectivity index (χ1v) is 8.81. The molecule has 138 valence electrons. The van der Waals surface area contributed by atoms with Crippen molar-refractivity contribution in [2.75, 3.05) is 0 Å². The van der Waals surface area contributed by atoms with Gasteiger partial charge in [-0.3, -0.25) is 4.98 Å². The van der Waals surface area contributed by atoms with Crippen LogP contribution in [0.15, 0.2) is 91.5 Å². The van der Waals surface area contributed by atoms with Gasteiger partial charge in [0.05, 0.1) is 23.7 Å². The van der Waals surface area contributed by atoms with Crippen molar-refractivity contribution in [1.82, 2.24) is 14.5 Å². The summed E-state index contributed by atoms with van der Waals surface area (Å²) < 4.78 is 2.18. The average Bonchev–Trinajstić information content (AvgIpc) is 3.18. The Morgan fingerprint density at radius 3 is 2.36 bits per heavy atom. The van der Waals surface area contributed by atoms with Crippen LogP contribution in [0.25, 0.3) is 0 Å². The smallest absolute Gasteiger partial charge is 0.102 e. The molecule has 28 heavy (non-hydrogen) atoms. The molecule has 4 nitrogen and oxygen atoms in total. The third-order valence-electron chi connectivity index (χ3n) is 4.58. The van der Waals surface area contributed by atoms with Crippen molar-refractivity contribution >= 4 is 12.4 Å². The van der Waals surface area contributed by atoms with Gasteiger partial charge in [-0.05, 0) is 35.4 Å². The van der Waals surface area contributed by atoms with E-state index in [4.69, 9.17) is 5.26 Å². The minimum atomic E-state index is -0.0386. The van der Waals surface area contributed by atoms with Crippen LogP contribution in [-0.4, -0.2) is 14.5 Å². The van der Waals surface area contributed by atoms with Crippen molar-refractivity contribution in [2.45, 2.75) is 12.5 Å². The molecule has 2 aromatic heterocycles. The van der Waals surface area contributed by atoms with E-state index >= 15 is 0 Å². The normalized spacial score (nSPS) is 11.2. The Labute approximate surface area is 170 Å². The van der Waals surface area contributed by atoms with E-state index in [1.54, 1.807) is 0 Å². The fraction of sp³-hybridized carbons (Fsp3) is 0.0870. The van der Waals surface area contributed by atoms with Crippen LogP contribution in [-0.2, 0) is 6.42 Å². The van der Waals surface area contributed by atoms with E-state index < -0.39 is 0 Å². The zero-order valence-corrected chi connectivity index (χ0v) is 16.0. The number of hydrogen-bond acceptors (Lipinski definition) is 3. The van der Waals surface area contributed by atoms with E-state index in [0.717, 1.165) is 28.9 Å². The van der Waals surface area contributed by atoms with Gasteiger partial charge in [0.1, 0.15) is 6.04 Å². The fourth-order valence-corrected chi connectivity index (χ4v) is 3.25. The summed E-state index contributed by atoms with van der Waals surface area (Å²) in [6, 6.07) is 26.1. The number of rotatable bonds is 5. The summed E-state index contributed by atoms with van der Waals surface area (Å²) >= 11 is 0. The van der Waals surface area contributed by atoms with Gasteiger partial charge in [-0.15, -0.1) is 12.4 Å². The van der Waals surface area contributed by atoms with Gasteiger partial charge >= 0.3 is 0 Å². The summed E-state index contributed by atoms with van der Waals surface area (Å²) in [6.45, 7) is 0. The lowest BCUT2D eigenvalue weighted by Gasteiger charge is -2.21. The van der Waals surface area contributed by atoms with Crippen molar-refractivity contribution < 1.29 is 0 Å². The molecule has 1 unspecified atom stereocenters. The Morgan fingerprint density at radius 2 is 1.68 bits per heavy atom. The van der Waals surface area contributed by atoms with Gasteiger partial charge in [-0.1, -0.05) is 48.5 Å². The predicted octanol–water partition coefficient (Wildman–Crippen LogP) is 4.80. The largest absolute Gasteiger partial charge is 0.321 e. The minimum Gasteiger partial charge on any atom is -0.321 e. The summed E-state index contributed by atoms with van der Waals surface area (Å²) in [5.74, 6) is 0. The fourth-order valence-electron chi connectivity index (χ4n) is 3.25. The molecule has 5 heteroatoms. The SMILES string of the molecule is Cl.N#Cc1ccc(Cc2cncn2C(c2ccccc2)c2ccccn2)cc1. The maximum atomic E-state index is 8.98. The lowest BCUT2D eigenvalue weighted by atomic mass is 10.0. The molecule has 4 aromatic rings. The summed E-state index contributed by atoms with van der Waals surface area (Å²) in [5, 5.41) is 8.98. The highest BCUT2D eigenvalue weighted by atomic mass is 35.5. The molecule has 0 aliphatic carbocycles. The molecule has 0 fully saturated rings. The third-order valence-corrected chi connectivity index (χ3v) is 4.58. The van der Waals surface area contributed by atoms with E-state index in [9.17, 15) is 0 Å². The molecule has 1 atom stereocenters. The highest BCUT2D eigenvalue weighted by molar-refractivity contribution is 5.85. The Hall–Kier alpha value is -3.42. The molecule has 0 radical (unpaired) electrons. The Kier molecular flexibility index (Phi) is 6.21. The zero-order chi connectivity index (χ0) is 18.5. The first-order chi connectivity index (χ1) is 13.3. The van der Waals surface area contributed by atoms with Crippen LogP contribution in [0.1, 0.15) is 34.1 Å². The third kappa shape index (κ3) is 4.11. The highest BCUT2D eigenvalue weighted by Crippen LogP contribution is 2.27. The number of benzene rings is 2. The summed E-state index contributed by atoms with van der Waals surface area (Å²) in [4.78, 5) is 9.00. The highest BCUT2D eigenvalue weighted by Gasteiger charge is 2.20. The van der Waals surface area contributed by atoms with Gasteiger partial charge in [-0.2, -0.15) is 5.26 Å². The van der Waals surface area contributed by atoms with Crippen molar-refractivity contribution in [2.24, 2.45) is 0 Å². The molecule has 0 amide bonds. The molecular formula is C23H19ClN4. The summed E-state index contributed by atoms with van der Waals surface area (Å²) in [7, 11) is 0. The number of imidazole rings is 1.